The Balaban J connectivity index is 1.39. The van der Waals surface area contributed by atoms with Gasteiger partial charge >= 0.3 is 0 Å². The third kappa shape index (κ3) is 4.91. The summed E-state index contributed by atoms with van der Waals surface area (Å²) in [7, 11) is 0. The van der Waals surface area contributed by atoms with Gasteiger partial charge in [0.05, 0.1) is 6.54 Å². The number of nitrogens with one attached hydrogen (secondary N) is 2. The lowest BCUT2D eigenvalue weighted by Gasteiger charge is -2.15. The molecular formula is C24H26FN5O2. The van der Waals surface area contributed by atoms with Gasteiger partial charge < -0.3 is 10.3 Å². The fraction of sp³-hybridized carbons (Fsp3) is 0.333. The van der Waals surface area contributed by atoms with Gasteiger partial charge in [0.1, 0.15) is 17.3 Å². The number of H-pyrrole nitrogens is 1. The molecule has 1 fully saturated rings. The van der Waals surface area contributed by atoms with Gasteiger partial charge in [-0.05, 0) is 42.2 Å². The molecule has 1 saturated heterocycles. The molecule has 2 heterocycles. The van der Waals surface area contributed by atoms with Crippen molar-refractivity contribution in [1.29, 1.82) is 0 Å². The molecule has 166 valence electrons. The van der Waals surface area contributed by atoms with E-state index in [4.69, 9.17) is 0 Å². The van der Waals surface area contributed by atoms with E-state index in [-0.39, 0.29) is 23.7 Å². The molecule has 0 radical (unpaired) electrons. The number of hydrogen-bond donors (Lipinski definition) is 2. The molecule has 0 bridgehead atoms. The van der Waals surface area contributed by atoms with Crippen molar-refractivity contribution >= 4 is 5.91 Å². The number of likely N-dealkylation sites (tertiary alicyclic amines) is 1. The van der Waals surface area contributed by atoms with Gasteiger partial charge in [0.2, 0.25) is 0 Å². The second-order valence-electron chi connectivity index (χ2n) is 8.39. The van der Waals surface area contributed by atoms with Crippen LogP contribution in [0.5, 0.6) is 0 Å². The molecule has 4 rings (SSSR count). The highest BCUT2D eigenvalue weighted by atomic mass is 19.1. The summed E-state index contributed by atoms with van der Waals surface area (Å²) in [6.07, 6.45) is 0. The molecule has 1 aliphatic rings. The molecular weight excluding hydrogens is 409 g/mol. The van der Waals surface area contributed by atoms with Gasteiger partial charge in [-0.3, -0.25) is 14.5 Å². The normalized spacial score (nSPS) is 18.6. The molecule has 8 heteroatoms. The van der Waals surface area contributed by atoms with Crippen LogP contribution in [0.15, 0.2) is 53.3 Å². The predicted octanol–water partition coefficient (Wildman–Crippen LogP) is 2.78. The Bertz CT molecular complexity index is 1160. The number of carbonyl (C=O) groups excluding carboxylic acids is 1. The molecule has 1 amide bonds. The number of hydrogen-bond acceptors (Lipinski definition) is 5. The Kier molecular flexibility index (Phi) is 6.41. The maximum Gasteiger partial charge on any atom is 0.274 e. The van der Waals surface area contributed by atoms with Crippen molar-refractivity contribution in [3.8, 4) is 0 Å². The van der Waals surface area contributed by atoms with Crippen molar-refractivity contribution in [2.45, 2.75) is 32.9 Å². The van der Waals surface area contributed by atoms with E-state index in [2.05, 4.69) is 44.5 Å². The predicted molar refractivity (Wildman–Crippen MR) is 119 cm³/mol. The van der Waals surface area contributed by atoms with Crippen LogP contribution in [0.1, 0.15) is 45.8 Å². The van der Waals surface area contributed by atoms with Gasteiger partial charge in [-0.1, -0.05) is 37.3 Å². The maximum absolute atomic E-state index is 13.2. The molecule has 32 heavy (non-hydrogen) atoms. The Morgan fingerprint density at radius 1 is 1.19 bits per heavy atom. The first kappa shape index (κ1) is 21.8. The molecule has 1 aliphatic heterocycles. The topological polar surface area (TPSA) is 91.0 Å². The Hall–Kier alpha value is -3.39. The van der Waals surface area contributed by atoms with Gasteiger partial charge in [-0.2, -0.15) is 0 Å². The van der Waals surface area contributed by atoms with Crippen molar-refractivity contribution < 1.29 is 9.18 Å². The molecule has 7 nitrogen and oxygen atoms in total. The Morgan fingerprint density at radius 3 is 2.69 bits per heavy atom. The monoisotopic (exact) mass is 435 g/mol. The van der Waals surface area contributed by atoms with Crippen LogP contribution in [0.25, 0.3) is 0 Å². The fourth-order valence-electron chi connectivity index (χ4n) is 4.19. The van der Waals surface area contributed by atoms with Crippen LogP contribution >= 0.6 is 0 Å². The first-order valence-corrected chi connectivity index (χ1v) is 10.7. The molecule has 2 atom stereocenters. The summed E-state index contributed by atoms with van der Waals surface area (Å²) in [6, 6.07) is 14.2. The average Bonchev–Trinajstić information content (AvgIpc) is 3.13. The van der Waals surface area contributed by atoms with Gasteiger partial charge in [0, 0.05) is 31.1 Å². The zero-order chi connectivity index (χ0) is 22.7. The van der Waals surface area contributed by atoms with Crippen LogP contribution in [0.2, 0.25) is 0 Å². The lowest BCUT2D eigenvalue weighted by atomic mass is 9.97. The third-order valence-corrected chi connectivity index (χ3v) is 5.92. The minimum absolute atomic E-state index is 0.0569. The highest BCUT2D eigenvalue weighted by Crippen LogP contribution is 2.30. The van der Waals surface area contributed by atoms with Crippen molar-refractivity contribution in [2.75, 3.05) is 13.1 Å². The van der Waals surface area contributed by atoms with E-state index in [1.165, 1.54) is 23.8 Å². The van der Waals surface area contributed by atoms with E-state index in [1.807, 2.05) is 18.2 Å². The molecule has 3 aromatic rings. The van der Waals surface area contributed by atoms with E-state index in [9.17, 15) is 14.0 Å². The Morgan fingerprint density at radius 2 is 1.97 bits per heavy atom. The summed E-state index contributed by atoms with van der Waals surface area (Å²) < 4.78 is 13.2. The molecule has 2 aromatic carbocycles. The highest BCUT2D eigenvalue weighted by Gasteiger charge is 2.32. The van der Waals surface area contributed by atoms with E-state index in [0.717, 1.165) is 19.6 Å². The van der Waals surface area contributed by atoms with Crippen LogP contribution in [0.4, 0.5) is 4.39 Å². The van der Waals surface area contributed by atoms with E-state index >= 15 is 0 Å². The van der Waals surface area contributed by atoms with Gasteiger partial charge in [0.25, 0.3) is 11.5 Å². The van der Waals surface area contributed by atoms with Crippen LogP contribution in [-0.2, 0) is 13.1 Å². The standard InChI is InChI=1S/C24H26FN5O2/c1-15-10-18(25)8-9-19(15)23(31)26-11-21-24(32)27-22(29-28-21)20-14-30(12-16(20)2)13-17-6-4-3-5-7-17/h3-10,16,20H,11-14H2,1-2H3,(H,26,31)(H,27,29,32). The number of rotatable bonds is 6. The molecule has 0 spiro atoms. The number of nitrogens with zero attached hydrogens (tertiary/aromatic N) is 3. The molecule has 2 N–H and O–H groups in total. The largest absolute Gasteiger partial charge is 0.346 e. The SMILES string of the molecule is Cc1cc(F)ccc1C(=O)NCc1nnc(C2CN(Cc3ccccc3)CC2C)[nH]c1=O. The lowest BCUT2D eigenvalue weighted by Crippen LogP contribution is -2.30. The van der Waals surface area contributed by atoms with Crippen molar-refractivity contribution in [3.05, 3.63) is 92.9 Å². The van der Waals surface area contributed by atoms with E-state index in [1.54, 1.807) is 6.92 Å². The lowest BCUT2D eigenvalue weighted by molar-refractivity contribution is 0.0949. The number of aryl methyl sites for hydroxylation is 1. The summed E-state index contributed by atoms with van der Waals surface area (Å²) in [6.45, 7) is 6.31. The quantitative estimate of drug-likeness (QED) is 0.621. The second kappa shape index (κ2) is 9.40. The summed E-state index contributed by atoms with van der Waals surface area (Å²) in [5, 5.41) is 11.0. The summed E-state index contributed by atoms with van der Waals surface area (Å²) >= 11 is 0. The Labute approximate surface area is 185 Å². The number of carbonyl (C=O) groups is 1. The molecule has 1 aromatic heterocycles. The van der Waals surface area contributed by atoms with E-state index in [0.29, 0.717) is 22.9 Å². The van der Waals surface area contributed by atoms with Crippen molar-refractivity contribution in [1.82, 2.24) is 25.4 Å². The first-order valence-electron chi connectivity index (χ1n) is 10.7. The number of amides is 1. The maximum atomic E-state index is 13.2. The van der Waals surface area contributed by atoms with Crippen molar-refractivity contribution in [2.24, 2.45) is 5.92 Å². The fourth-order valence-corrected chi connectivity index (χ4v) is 4.19. The molecule has 0 aliphatic carbocycles. The van der Waals surface area contributed by atoms with Gasteiger partial charge in [-0.15, -0.1) is 10.2 Å². The van der Waals surface area contributed by atoms with Crippen molar-refractivity contribution in [3.63, 3.8) is 0 Å². The van der Waals surface area contributed by atoms with Gasteiger partial charge in [0.15, 0.2) is 0 Å². The summed E-state index contributed by atoms with van der Waals surface area (Å²) in [5.74, 6) is 0.191. The molecule has 0 saturated carbocycles. The molecule has 2 unspecified atom stereocenters. The van der Waals surface area contributed by atoms with E-state index < -0.39 is 11.7 Å². The minimum Gasteiger partial charge on any atom is -0.346 e. The smallest absolute Gasteiger partial charge is 0.274 e. The van der Waals surface area contributed by atoms with Gasteiger partial charge in [-0.25, -0.2) is 4.39 Å². The summed E-state index contributed by atoms with van der Waals surface area (Å²) in [5.41, 5.74) is 1.90. The zero-order valence-corrected chi connectivity index (χ0v) is 18.1. The highest BCUT2D eigenvalue weighted by molar-refractivity contribution is 5.95. The third-order valence-electron chi connectivity index (χ3n) is 5.92. The van der Waals surface area contributed by atoms with Crippen LogP contribution in [0, 0.1) is 18.7 Å². The number of halogens is 1. The average molecular weight is 436 g/mol. The number of benzene rings is 2. The summed E-state index contributed by atoms with van der Waals surface area (Å²) in [4.78, 5) is 30.1. The van der Waals surface area contributed by atoms with Crippen LogP contribution in [0.3, 0.4) is 0 Å². The first-order chi connectivity index (χ1) is 15.4. The second-order valence-corrected chi connectivity index (χ2v) is 8.39. The van der Waals surface area contributed by atoms with Crippen LogP contribution in [-0.4, -0.2) is 39.1 Å². The minimum atomic E-state index is -0.402. The number of aromatic amines is 1. The zero-order valence-electron chi connectivity index (χ0n) is 18.1. The van der Waals surface area contributed by atoms with Crippen LogP contribution < -0.4 is 10.9 Å². The number of aromatic nitrogens is 3.